The number of benzene rings is 10. The molecule has 0 aliphatic heterocycles. The zero-order chi connectivity index (χ0) is 43.8. The topological polar surface area (TPSA) is 34.0 Å². The molecule has 0 radical (unpaired) electrons. The van der Waals surface area contributed by atoms with Gasteiger partial charge in [0.2, 0.25) is 0 Å². The van der Waals surface area contributed by atoms with Crippen molar-refractivity contribution in [3.05, 3.63) is 255 Å². The maximum atomic E-state index is 5.16. The Morgan fingerprint density at radius 3 is 1.26 bits per heavy atom. The fourth-order valence-corrected chi connectivity index (χ4v) is 9.42. The van der Waals surface area contributed by atoms with Gasteiger partial charge in [0.15, 0.2) is 0 Å². The number of nitrogens with zero attached hydrogens (tertiary/aromatic N) is 4. The quantitative estimate of drug-likeness (QED) is 0.145. The first-order valence-corrected chi connectivity index (χ1v) is 22.4. The van der Waals surface area contributed by atoms with Gasteiger partial charge < -0.3 is 9.47 Å². The molecule has 0 bridgehead atoms. The van der Waals surface area contributed by atoms with Gasteiger partial charge in [-0.05, 0) is 118 Å². The second-order valence-corrected chi connectivity index (χ2v) is 16.6. The Morgan fingerprint density at radius 1 is 0.288 bits per heavy atom. The van der Waals surface area contributed by atoms with Crippen molar-refractivity contribution < 1.29 is 0 Å². The van der Waals surface area contributed by atoms with Gasteiger partial charge in [0, 0.05) is 44.6 Å². The Labute approximate surface area is 384 Å². The number of hydrogen-bond donors (Lipinski definition) is 0. The van der Waals surface area contributed by atoms with Crippen LogP contribution in [0.4, 0.5) is 17.1 Å². The third-order valence-electron chi connectivity index (χ3n) is 12.6. The molecule has 310 valence electrons. The van der Waals surface area contributed by atoms with E-state index >= 15 is 0 Å². The average Bonchev–Trinajstić information content (AvgIpc) is 3.73. The summed E-state index contributed by atoms with van der Waals surface area (Å²) >= 11 is 0. The first-order chi connectivity index (χ1) is 32.7. The summed E-state index contributed by atoms with van der Waals surface area (Å²) in [4.78, 5) is 12.6. The maximum absolute atomic E-state index is 5.16. The summed E-state index contributed by atoms with van der Waals surface area (Å²) < 4.78 is 2.39. The Kier molecular flexibility index (Phi) is 9.81. The molecule has 0 saturated carbocycles. The van der Waals surface area contributed by atoms with Crippen LogP contribution in [0.25, 0.3) is 94.4 Å². The predicted molar refractivity (Wildman–Crippen MR) is 276 cm³/mol. The monoisotopic (exact) mass is 842 g/mol. The summed E-state index contributed by atoms with van der Waals surface area (Å²) in [5, 5.41) is 2.43. The van der Waals surface area contributed by atoms with Crippen molar-refractivity contribution in [2.24, 2.45) is 0 Å². The number of rotatable bonds is 9. The number of hydrogen-bond acceptors (Lipinski definition) is 3. The van der Waals surface area contributed by atoms with Gasteiger partial charge in [-0.25, -0.2) is 9.97 Å². The van der Waals surface area contributed by atoms with Crippen LogP contribution in [0.1, 0.15) is 0 Å². The third-order valence-corrected chi connectivity index (χ3v) is 12.6. The standard InChI is InChI=1S/C62H42N4/c1-5-17-44(18-6-1)53-25-13-14-26-54(53)48-34-40-60-56(42-48)55-41-47(33-39-59(55)66(60)50-23-11-4-12-24-50)43-29-35-51(36-30-43)65(49-21-9-3-10-22-49)52-37-31-46(32-38-52)62-61(45-19-7-2-8-20-45)63-57-27-15-16-28-58(57)64-62/h1-42H. The van der Waals surface area contributed by atoms with Crippen molar-refractivity contribution in [3.63, 3.8) is 0 Å². The molecule has 2 aromatic heterocycles. The molecule has 0 saturated heterocycles. The van der Waals surface area contributed by atoms with E-state index in [9.17, 15) is 0 Å². The second-order valence-electron chi connectivity index (χ2n) is 16.6. The molecule has 0 aliphatic carbocycles. The van der Waals surface area contributed by atoms with Crippen LogP contribution in [0.5, 0.6) is 0 Å². The van der Waals surface area contributed by atoms with Crippen LogP contribution in [0.15, 0.2) is 255 Å². The van der Waals surface area contributed by atoms with Crippen molar-refractivity contribution in [2.45, 2.75) is 0 Å². The van der Waals surface area contributed by atoms with Crippen LogP contribution in [-0.2, 0) is 0 Å². The SMILES string of the molecule is c1ccc(-c2ccccc2-c2ccc3c(c2)c2cc(-c4ccc(N(c5ccccc5)c5ccc(-c6nc7ccccc7nc6-c6ccccc6)cc5)cc4)ccc2n3-c2ccccc2)cc1. The van der Waals surface area contributed by atoms with Crippen LogP contribution < -0.4 is 4.90 Å². The van der Waals surface area contributed by atoms with E-state index in [1.54, 1.807) is 0 Å². The Bertz CT molecular complexity index is 3660. The largest absolute Gasteiger partial charge is 0.311 e. The van der Waals surface area contributed by atoms with Crippen molar-refractivity contribution in [2.75, 3.05) is 4.90 Å². The minimum absolute atomic E-state index is 0.860. The highest BCUT2D eigenvalue weighted by Gasteiger charge is 2.19. The molecule has 66 heavy (non-hydrogen) atoms. The summed E-state index contributed by atoms with van der Waals surface area (Å²) in [7, 11) is 0. The van der Waals surface area contributed by atoms with Crippen LogP contribution >= 0.6 is 0 Å². The first-order valence-electron chi connectivity index (χ1n) is 22.4. The fourth-order valence-electron chi connectivity index (χ4n) is 9.42. The smallest absolute Gasteiger partial charge is 0.0973 e. The molecule has 4 heteroatoms. The molecule has 0 N–H and O–H groups in total. The van der Waals surface area contributed by atoms with Gasteiger partial charge in [0.05, 0.1) is 33.5 Å². The molecule has 0 unspecified atom stereocenters. The van der Waals surface area contributed by atoms with Crippen LogP contribution in [0.3, 0.4) is 0 Å². The van der Waals surface area contributed by atoms with Gasteiger partial charge in [-0.1, -0.05) is 170 Å². The Balaban J connectivity index is 0.932. The normalized spacial score (nSPS) is 11.3. The lowest BCUT2D eigenvalue weighted by atomic mass is 9.93. The number of para-hydroxylation sites is 4. The molecule has 2 heterocycles. The van der Waals surface area contributed by atoms with Crippen molar-refractivity contribution in [3.8, 4) is 61.6 Å². The van der Waals surface area contributed by atoms with E-state index in [-0.39, 0.29) is 0 Å². The number of fused-ring (bicyclic) bond motifs is 4. The maximum Gasteiger partial charge on any atom is 0.0973 e. The van der Waals surface area contributed by atoms with E-state index < -0.39 is 0 Å². The summed E-state index contributed by atoms with van der Waals surface area (Å²) in [6.45, 7) is 0. The van der Waals surface area contributed by atoms with E-state index in [4.69, 9.17) is 9.97 Å². The van der Waals surface area contributed by atoms with Crippen LogP contribution in [-0.4, -0.2) is 14.5 Å². The fraction of sp³-hybridized carbons (Fsp3) is 0. The first kappa shape index (κ1) is 38.8. The molecule has 10 aromatic carbocycles. The van der Waals surface area contributed by atoms with Crippen molar-refractivity contribution >= 4 is 49.9 Å². The zero-order valence-corrected chi connectivity index (χ0v) is 36.0. The van der Waals surface area contributed by atoms with Crippen molar-refractivity contribution in [1.29, 1.82) is 0 Å². The van der Waals surface area contributed by atoms with Gasteiger partial charge in [-0.2, -0.15) is 0 Å². The molecular formula is C62H42N4. The molecular weight excluding hydrogens is 801 g/mol. The highest BCUT2D eigenvalue weighted by molar-refractivity contribution is 6.12. The van der Waals surface area contributed by atoms with E-state index in [1.807, 2.05) is 42.5 Å². The van der Waals surface area contributed by atoms with Gasteiger partial charge in [-0.3, -0.25) is 0 Å². The molecule has 12 rings (SSSR count). The molecule has 0 amide bonds. The number of anilines is 3. The summed E-state index contributed by atoms with van der Waals surface area (Å²) in [6, 6.07) is 90.6. The Hall–Kier alpha value is -8.86. The molecule has 4 nitrogen and oxygen atoms in total. The molecule has 0 fully saturated rings. The van der Waals surface area contributed by atoms with Gasteiger partial charge >= 0.3 is 0 Å². The minimum atomic E-state index is 0.860. The third kappa shape index (κ3) is 7.08. The zero-order valence-electron chi connectivity index (χ0n) is 36.0. The molecule has 0 spiro atoms. The van der Waals surface area contributed by atoms with Crippen LogP contribution in [0, 0.1) is 0 Å². The summed E-state index contributed by atoms with van der Waals surface area (Å²) in [5.41, 5.74) is 19.4. The highest BCUT2D eigenvalue weighted by atomic mass is 15.1. The molecule has 12 aromatic rings. The highest BCUT2D eigenvalue weighted by Crippen LogP contribution is 2.41. The lowest BCUT2D eigenvalue weighted by molar-refractivity contribution is 1.18. The lowest BCUT2D eigenvalue weighted by Crippen LogP contribution is -2.09. The molecule has 0 atom stereocenters. The average molecular weight is 843 g/mol. The van der Waals surface area contributed by atoms with Crippen molar-refractivity contribution in [1.82, 2.24) is 14.5 Å². The van der Waals surface area contributed by atoms with Gasteiger partial charge in [-0.15, -0.1) is 0 Å². The lowest BCUT2D eigenvalue weighted by Gasteiger charge is -2.26. The van der Waals surface area contributed by atoms with E-state index in [1.165, 1.54) is 44.1 Å². The second kappa shape index (κ2) is 16.7. The van der Waals surface area contributed by atoms with E-state index in [0.717, 1.165) is 67.4 Å². The summed E-state index contributed by atoms with van der Waals surface area (Å²) in [6.07, 6.45) is 0. The molecule has 0 aliphatic rings. The van der Waals surface area contributed by atoms with Gasteiger partial charge in [0.1, 0.15) is 0 Å². The number of aromatic nitrogens is 3. The Morgan fingerprint density at radius 2 is 0.682 bits per heavy atom. The van der Waals surface area contributed by atoms with Gasteiger partial charge in [0.25, 0.3) is 0 Å². The predicted octanol–water partition coefficient (Wildman–Crippen LogP) is 16.5. The van der Waals surface area contributed by atoms with Crippen LogP contribution in [0.2, 0.25) is 0 Å². The summed E-state index contributed by atoms with van der Waals surface area (Å²) in [5.74, 6) is 0. The van der Waals surface area contributed by atoms with E-state index in [0.29, 0.717) is 0 Å². The van der Waals surface area contributed by atoms with E-state index in [2.05, 4.69) is 222 Å². The minimum Gasteiger partial charge on any atom is -0.311 e.